The van der Waals surface area contributed by atoms with E-state index in [1.165, 1.54) is 6.92 Å². The first-order chi connectivity index (χ1) is 22.6. The Kier molecular flexibility index (Phi) is 13.4. The number of nitrogens with zero attached hydrogens (tertiary/aromatic N) is 4. The molecule has 0 aliphatic carbocycles. The smallest absolute Gasteiger partial charge is 0.221 e. The molecule has 2 aliphatic rings. The number of aliphatic hydroxyl groups excluding tert-OH is 1. The zero-order valence-electron chi connectivity index (χ0n) is 26.9. The summed E-state index contributed by atoms with van der Waals surface area (Å²) in [7, 11) is 1.98. The summed E-state index contributed by atoms with van der Waals surface area (Å²) in [6.45, 7) is 4.25. The molecule has 0 bridgehead atoms. The topological polar surface area (TPSA) is 164 Å². The number of likely N-dealkylation sites (tertiary alicyclic amines) is 1. The second kappa shape index (κ2) is 17.2. The number of nitrogens with one attached hydrogen (secondary N) is 1. The highest BCUT2D eigenvalue weighted by molar-refractivity contribution is 8.21. The molecule has 14 heteroatoms. The second-order valence-electron chi connectivity index (χ2n) is 11.9. The van der Waals surface area contributed by atoms with Gasteiger partial charge in [-0.3, -0.25) is 24.1 Å². The van der Waals surface area contributed by atoms with Crippen molar-refractivity contribution in [1.29, 1.82) is 0 Å². The van der Waals surface area contributed by atoms with E-state index < -0.39 is 29.8 Å². The Morgan fingerprint density at radius 1 is 1.06 bits per heavy atom. The zero-order valence-corrected chi connectivity index (χ0v) is 28.5. The van der Waals surface area contributed by atoms with Crippen molar-refractivity contribution in [1.82, 2.24) is 25.4 Å². The number of thioether (sulfide) groups is 2. The Morgan fingerprint density at radius 3 is 2.40 bits per heavy atom. The van der Waals surface area contributed by atoms with Gasteiger partial charge in [0, 0.05) is 37.3 Å². The van der Waals surface area contributed by atoms with E-state index in [0.717, 1.165) is 35.7 Å². The molecular weight excluding hydrogens is 643 g/mol. The van der Waals surface area contributed by atoms with Crippen LogP contribution >= 0.6 is 23.5 Å². The Balaban J connectivity index is 0.000000379. The van der Waals surface area contributed by atoms with Crippen LogP contribution in [0.1, 0.15) is 64.0 Å². The maximum absolute atomic E-state index is 13.2. The monoisotopic (exact) mass is 685 g/mol. The van der Waals surface area contributed by atoms with Gasteiger partial charge in [-0.25, -0.2) is 4.99 Å². The van der Waals surface area contributed by atoms with Gasteiger partial charge in [0.05, 0.1) is 10.1 Å². The van der Waals surface area contributed by atoms with Crippen LogP contribution in [0.3, 0.4) is 0 Å². The highest BCUT2D eigenvalue weighted by Gasteiger charge is 2.48. The number of carbonyl (C=O) groups is 4. The highest BCUT2D eigenvalue weighted by Crippen LogP contribution is 2.51. The number of hydrogen-bond donors (Lipinski definition) is 3. The van der Waals surface area contributed by atoms with E-state index in [9.17, 15) is 24.3 Å². The predicted molar refractivity (Wildman–Crippen MR) is 182 cm³/mol. The molecule has 254 valence electrons. The van der Waals surface area contributed by atoms with Crippen molar-refractivity contribution in [2.24, 2.45) is 5.92 Å². The summed E-state index contributed by atoms with van der Waals surface area (Å²) in [6.07, 6.45) is 0.734. The van der Waals surface area contributed by atoms with E-state index in [0.29, 0.717) is 23.0 Å². The van der Waals surface area contributed by atoms with Crippen LogP contribution in [0.4, 0.5) is 0 Å². The van der Waals surface area contributed by atoms with Crippen molar-refractivity contribution >= 4 is 57.8 Å². The summed E-state index contributed by atoms with van der Waals surface area (Å²) in [4.78, 5) is 57.5. The largest absolute Gasteiger partial charge is 0.385 e. The Labute approximate surface area is 282 Å². The van der Waals surface area contributed by atoms with E-state index in [1.807, 2.05) is 49.6 Å². The van der Waals surface area contributed by atoms with Crippen molar-refractivity contribution in [3.63, 3.8) is 0 Å². The van der Waals surface area contributed by atoms with Crippen molar-refractivity contribution in [2.45, 2.75) is 74.6 Å². The number of rotatable bonds is 14. The molecule has 12 nitrogen and oxygen atoms in total. The van der Waals surface area contributed by atoms with Gasteiger partial charge in [-0.05, 0) is 60.5 Å². The van der Waals surface area contributed by atoms with Gasteiger partial charge in [0.1, 0.15) is 29.0 Å². The van der Waals surface area contributed by atoms with Crippen LogP contribution in [-0.2, 0) is 19.2 Å². The molecule has 47 heavy (non-hydrogen) atoms. The van der Waals surface area contributed by atoms with E-state index in [-0.39, 0.29) is 40.9 Å². The van der Waals surface area contributed by atoms with Crippen LogP contribution in [0.25, 0.3) is 11.0 Å². The molecule has 1 amide bonds. The summed E-state index contributed by atoms with van der Waals surface area (Å²) in [5, 5.41) is 29.0. The first-order valence-electron chi connectivity index (χ1n) is 15.8. The molecule has 5 rings (SSSR count). The standard InChI is InChI=1S/C27H38N2O5S2.C6H5N3O2/c1-4-8-20(15-23(32)21-16-27(17-29(21)3)35-13-14-36-27)26(34)22(31)11-12-24(33)28-25(18(2)30)19-9-6-5-7-10-19;10-11-9-6-4-2-1-3-5(6)7-8-9/h5-7,9-10,20-21,25-26,34H,4,8,11-17H2,1-3H3,(H,28,33);1-4,10H/t20?,21?,25-,26?;/m1./s1. The van der Waals surface area contributed by atoms with Crippen LogP contribution in [0.5, 0.6) is 0 Å². The molecule has 1 aromatic heterocycles. The fraction of sp³-hybridized carbons (Fsp3) is 0.515. The predicted octanol–water partition coefficient (Wildman–Crippen LogP) is 3.73. The maximum atomic E-state index is 13.2. The van der Waals surface area contributed by atoms with E-state index in [2.05, 4.69) is 25.5 Å². The summed E-state index contributed by atoms with van der Waals surface area (Å²) in [6, 6.07) is 15.1. The van der Waals surface area contributed by atoms with Crippen molar-refractivity contribution in [3.8, 4) is 0 Å². The van der Waals surface area contributed by atoms with E-state index in [4.69, 9.17) is 5.26 Å². The van der Waals surface area contributed by atoms with Crippen LogP contribution in [-0.4, -0.2) is 95.0 Å². The van der Waals surface area contributed by atoms with Gasteiger partial charge in [-0.1, -0.05) is 55.8 Å². The highest BCUT2D eigenvalue weighted by atomic mass is 32.2. The lowest BCUT2D eigenvalue weighted by Crippen LogP contribution is -2.38. The van der Waals surface area contributed by atoms with Crippen LogP contribution < -0.4 is 10.3 Å². The number of aromatic nitrogens is 3. The molecule has 3 N–H and O–H groups in total. The number of ketones is 3. The Hall–Kier alpha value is -3.30. The number of benzene rings is 2. The lowest BCUT2D eigenvalue weighted by Gasteiger charge is -2.24. The van der Waals surface area contributed by atoms with Gasteiger partial charge >= 0.3 is 0 Å². The third-order valence-corrected chi connectivity index (χ3v) is 11.9. The lowest BCUT2D eigenvalue weighted by molar-refractivity contribution is -0.250. The fourth-order valence-corrected chi connectivity index (χ4v) is 9.45. The average Bonchev–Trinajstić information content (AvgIpc) is 3.80. The molecule has 3 unspecified atom stereocenters. The first kappa shape index (κ1) is 36.5. The Bertz CT molecular complexity index is 1520. The molecular formula is C33H43N5O7S2. The number of Topliss-reactive ketones (excluding diaryl/α,β-unsaturated/α-hetero) is 3. The molecule has 3 aromatic rings. The minimum absolute atomic E-state index is 0.0812. The number of hydrogen-bond acceptors (Lipinski definition) is 12. The Morgan fingerprint density at radius 2 is 1.74 bits per heavy atom. The third kappa shape index (κ3) is 9.63. The van der Waals surface area contributed by atoms with E-state index in [1.54, 1.807) is 42.5 Å². The molecule has 0 radical (unpaired) electrons. The maximum Gasteiger partial charge on any atom is 0.221 e. The van der Waals surface area contributed by atoms with Gasteiger partial charge in [0.25, 0.3) is 0 Å². The number of likely N-dealkylation sites (N-methyl/N-ethyl adjacent to an activating group) is 1. The summed E-state index contributed by atoms with van der Waals surface area (Å²) in [5.41, 5.74) is 2.00. The van der Waals surface area contributed by atoms with Gasteiger partial charge in [-0.2, -0.15) is 5.26 Å². The fourth-order valence-electron chi connectivity index (χ4n) is 6.06. The number of carbonyl (C=O) groups excluding carboxylic acids is 4. The summed E-state index contributed by atoms with van der Waals surface area (Å²) >= 11 is 3.88. The van der Waals surface area contributed by atoms with Crippen LogP contribution in [0, 0.1) is 5.92 Å². The molecule has 1 spiro atoms. The molecule has 2 fully saturated rings. The van der Waals surface area contributed by atoms with Gasteiger partial charge < -0.3 is 10.4 Å². The second-order valence-corrected chi connectivity index (χ2v) is 15.1. The average molecular weight is 686 g/mol. The minimum atomic E-state index is -1.28. The molecule has 4 atom stereocenters. The molecule has 3 heterocycles. The summed E-state index contributed by atoms with van der Waals surface area (Å²) < 4.78 is 0.0919. The number of fused-ring (bicyclic) bond motifs is 1. The van der Waals surface area contributed by atoms with Crippen molar-refractivity contribution in [2.75, 3.05) is 25.1 Å². The van der Waals surface area contributed by atoms with Crippen LogP contribution in [0.15, 0.2) is 54.6 Å². The summed E-state index contributed by atoms with van der Waals surface area (Å²) in [5.74, 6) is 0.782. The first-order valence-corrected chi connectivity index (χ1v) is 17.7. The van der Waals surface area contributed by atoms with Gasteiger partial charge in [0.15, 0.2) is 11.6 Å². The van der Waals surface area contributed by atoms with Gasteiger partial charge in [0.2, 0.25) is 5.91 Å². The zero-order chi connectivity index (χ0) is 34.0. The van der Waals surface area contributed by atoms with Crippen molar-refractivity contribution < 1.29 is 34.5 Å². The van der Waals surface area contributed by atoms with Crippen LogP contribution in [0.2, 0.25) is 0 Å². The SMILES string of the molecule is CCCC(CC(=O)C1CC2(CN1C)SCCS2)C(O)C(=O)CCC(=O)N[C@H](C(C)=O)c1ccccc1.OOn1nnc2ccccc21. The van der Waals surface area contributed by atoms with Gasteiger partial charge in [-0.15, -0.1) is 28.6 Å². The van der Waals surface area contributed by atoms with Crippen molar-refractivity contribution in [3.05, 3.63) is 60.2 Å². The number of amides is 1. The molecule has 2 saturated heterocycles. The third-order valence-electron chi connectivity index (χ3n) is 8.45. The molecule has 2 aliphatic heterocycles. The quantitative estimate of drug-likeness (QED) is 0.167. The number of para-hydroxylation sites is 1. The lowest BCUT2D eigenvalue weighted by atomic mass is 9.86. The normalized spacial score (nSPS) is 19.0. The molecule has 2 aromatic carbocycles. The number of aliphatic hydroxyl groups is 1. The molecule has 0 saturated carbocycles. The van der Waals surface area contributed by atoms with E-state index >= 15 is 0 Å². The minimum Gasteiger partial charge on any atom is -0.385 e.